The summed E-state index contributed by atoms with van der Waals surface area (Å²) in [5.41, 5.74) is 0. The van der Waals surface area contributed by atoms with Gasteiger partial charge in [0, 0.05) is 6.04 Å². The Balaban J connectivity index is 2.66. The summed E-state index contributed by atoms with van der Waals surface area (Å²) in [6.45, 7) is 4.10. The molecule has 1 aromatic rings. The molecule has 0 aliphatic heterocycles. The second-order valence-corrected chi connectivity index (χ2v) is 4.75. The van der Waals surface area contributed by atoms with Crippen LogP contribution < -0.4 is 5.32 Å². The van der Waals surface area contributed by atoms with Crippen LogP contribution in [0.25, 0.3) is 0 Å². The molecule has 0 saturated heterocycles. The lowest BCUT2D eigenvalue weighted by Gasteiger charge is -2.16. The Hall–Kier alpha value is -0.160. The molecule has 0 fully saturated rings. The van der Waals surface area contributed by atoms with Crippen LogP contribution in [0.2, 0.25) is 4.34 Å². The van der Waals surface area contributed by atoms with E-state index in [2.05, 4.69) is 10.3 Å². The fraction of sp³-hybridized carbons (Fsp3) is 0.625. The maximum Gasteiger partial charge on any atom is 0.113 e. The van der Waals surface area contributed by atoms with E-state index >= 15 is 0 Å². The first-order valence-electron chi connectivity index (χ1n) is 4.11. The Labute approximate surface area is 86.8 Å². The zero-order chi connectivity index (χ0) is 9.84. The maximum absolute atomic E-state index is 9.10. The van der Waals surface area contributed by atoms with Crippen LogP contribution >= 0.6 is 22.9 Å². The highest BCUT2D eigenvalue weighted by Crippen LogP contribution is 2.23. The topological polar surface area (TPSA) is 45.1 Å². The van der Waals surface area contributed by atoms with Gasteiger partial charge in [0.2, 0.25) is 0 Å². The average molecular weight is 221 g/mol. The molecule has 1 aromatic heterocycles. The second-order valence-electron chi connectivity index (χ2n) is 3.06. The molecule has 1 heterocycles. The van der Waals surface area contributed by atoms with Crippen molar-refractivity contribution >= 4 is 22.9 Å². The monoisotopic (exact) mass is 220 g/mol. The molecule has 1 rings (SSSR count). The number of thiazole rings is 1. The van der Waals surface area contributed by atoms with Crippen LogP contribution in [0.3, 0.4) is 0 Å². The molecule has 2 N–H and O–H groups in total. The van der Waals surface area contributed by atoms with E-state index in [-0.39, 0.29) is 12.6 Å². The first kappa shape index (κ1) is 10.9. The van der Waals surface area contributed by atoms with E-state index < -0.39 is 0 Å². The van der Waals surface area contributed by atoms with Crippen molar-refractivity contribution in [3.8, 4) is 0 Å². The molecule has 0 bridgehead atoms. The van der Waals surface area contributed by atoms with Gasteiger partial charge in [0.1, 0.15) is 9.34 Å². The fourth-order valence-corrected chi connectivity index (χ4v) is 2.01. The van der Waals surface area contributed by atoms with Gasteiger partial charge in [-0.15, -0.1) is 11.3 Å². The van der Waals surface area contributed by atoms with Crippen LogP contribution in [0.15, 0.2) is 6.20 Å². The third-order valence-corrected chi connectivity index (χ3v) is 2.74. The van der Waals surface area contributed by atoms with Crippen LogP contribution in [-0.2, 0) is 0 Å². The summed E-state index contributed by atoms with van der Waals surface area (Å²) in [4.78, 5) is 4.10. The number of aromatic nitrogens is 1. The fourth-order valence-electron chi connectivity index (χ4n) is 1.03. The minimum atomic E-state index is -0.0995. The molecule has 3 nitrogen and oxygen atoms in total. The Bertz CT molecular complexity index is 264. The van der Waals surface area contributed by atoms with Crippen molar-refractivity contribution in [1.82, 2.24) is 10.3 Å². The lowest BCUT2D eigenvalue weighted by molar-refractivity contribution is 0.237. The summed E-state index contributed by atoms with van der Waals surface area (Å²) in [5, 5.41) is 13.1. The first-order valence-corrected chi connectivity index (χ1v) is 5.31. The van der Waals surface area contributed by atoms with Gasteiger partial charge in [-0.1, -0.05) is 25.4 Å². The van der Waals surface area contributed by atoms with E-state index in [0.717, 1.165) is 5.01 Å². The molecule has 1 unspecified atom stereocenters. The molecule has 0 aromatic carbocycles. The van der Waals surface area contributed by atoms with E-state index in [1.54, 1.807) is 6.20 Å². The highest BCUT2D eigenvalue weighted by Gasteiger charge is 2.14. The van der Waals surface area contributed by atoms with Gasteiger partial charge in [-0.05, 0) is 0 Å². The van der Waals surface area contributed by atoms with E-state index in [4.69, 9.17) is 16.7 Å². The van der Waals surface area contributed by atoms with Crippen LogP contribution in [0, 0.1) is 0 Å². The summed E-state index contributed by atoms with van der Waals surface area (Å²) in [7, 11) is 0. The predicted molar refractivity (Wildman–Crippen MR) is 55.2 cm³/mol. The number of halogens is 1. The lowest BCUT2D eigenvalue weighted by atomic mass is 10.3. The molecule has 0 amide bonds. The van der Waals surface area contributed by atoms with Gasteiger partial charge in [0.05, 0.1) is 18.8 Å². The zero-order valence-electron chi connectivity index (χ0n) is 7.62. The van der Waals surface area contributed by atoms with Crippen LogP contribution in [0.4, 0.5) is 0 Å². The van der Waals surface area contributed by atoms with Crippen molar-refractivity contribution in [3.63, 3.8) is 0 Å². The number of nitrogens with zero attached hydrogens (tertiary/aromatic N) is 1. The molecule has 0 saturated carbocycles. The molecular formula is C8H13ClN2OS. The number of rotatable bonds is 4. The van der Waals surface area contributed by atoms with Crippen LogP contribution in [0.1, 0.15) is 24.9 Å². The Morgan fingerprint density at radius 3 is 2.77 bits per heavy atom. The third-order valence-electron chi connectivity index (χ3n) is 1.51. The summed E-state index contributed by atoms with van der Waals surface area (Å²) >= 11 is 7.14. The van der Waals surface area contributed by atoms with Gasteiger partial charge in [-0.2, -0.15) is 0 Å². The second kappa shape index (κ2) is 4.91. The zero-order valence-corrected chi connectivity index (χ0v) is 9.19. The van der Waals surface area contributed by atoms with Gasteiger partial charge in [-0.3, -0.25) is 0 Å². The molecule has 0 aliphatic rings. The van der Waals surface area contributed by atoms with Gasteiger partial charge in [0.15, 0.2) is 0 Å². The SMILES string of the molecule is CC(C)NC(CO)c1ncc(Cl)s1. The summed E-state index contributed by atoms with van der Waals surface area (Å²) in [6, 6.07) is 0.220. The average Bonchev–Trinajstić information content (AvgIpc) is 2.47. The Kier molecular flexibility index (Phi) is 4.12. The molecule has 0 spiro atoms. The number of hydrogen-bond donors (Lipinski definition) is 2. The molecule has 0 aliphatic carbocycles. The van der Waals surface area contributed by atoms with Crippen molar-refractivity contribution in [3.05, 3.63) is 15.5 Å². The standard InChI is InChI=1S/C8H13ClN2OS/c1-5(2)11-6(4-12)8-10-3-7(9)13-8/h3,5-6,11-12H,4H2,1-2H3. The van der Waals surface area contributed by atoms with Gasteiger partial charge in [-0.25, -0.2) is 4.98 Å². The van der Waals surface area contributed by atoms with Crippen molar-refractivity contribution in [2.24, 2.45) is 0 Å². The Morgan fingerprint density at radius 1 is 1.69 bits per heavy atom. The lowest BCUT2D eigenvalue weighted by Crippen LogP contribution is -2.30. The van der Waals surface area contributed by atoms with Crippen molar-refractivity contribution in [2.75, 3.05) is 6.61 Å². The minimum absolute atomic E-state index is 0.0437. The molecule has 1 atom stereocenters. The van der Waals surface area contributed by atoms with Crippen molar-refractivity contribution in [1.29, 1.82) is 0 Å². The van der Waals surface area contributed by atoms with Crippen molar-refractivity contribution < 1.29 is 5.11 Å². The van der Waals surface area contributed by atoms with Crippen molar-refractivity contribution in [2.45, 2.75) is 25.9 Å². The molecule has 5 heteroatoms. The van der Waals surface area contributed by atoms with E-state index in [1.807, 2.05) is 13.8 Å². The summed E-state index contributed by atoms with van der Waals surface area (Å²) in [5.74, 6) is 0. The summed E-state index contributed by atoms with van der Waals surface area (Å²) in [6.07, 6.45) is 1.60. The molecule has 0 radical (unpaired) electrons. The first-order chi connectivity index (χ1) is 6.13. The van der Waals surface area contributed by atoms with E-state index in [0.29, 0.717) is 10.4 Å². The predicted octanol–water partition coefficient (Wildman–Crippen LogP) is 1.83. The summed E-state index contributed by atoms with van der Waals surface area (Å²) < 4.78 is 0.652. The Morgan fingerprint density at radius 2 is 2.38 bits per heavy atom. The van der Waals surface area contributed by atoms with E-state index in [1.165, 1.54) is 11.3 Å². The molecular weight excluding hydrogens is 208 g/mol. The number of aliphatic hydroxyl groups excluding tert-OH is 1. The van der Waals surface area contributed by atoms with Crippen LogP contribution in [-0.4, -0.2) is 22.7 Å². The maximum atomic E-state index is 9.10. The smallest absolute Gasteiger partial charge is 0.113 e. The quantitative estimate of drug-likeness (QED) is 0.814. The highest BCUT2D eigenvalue weighted by atomic mass is 35.5. The normalized spacial score (nSPS) is 13.6. The largest absolute Gasteiger partial charge is 0.394 e. The highest BCUT2D eigenvalue weighted by molar-refractivity contribution is 7.15. The van der Waals surface area contributed by atoms with Gasteiger partial charge in [0.25, 0.3) is 0 Å². The number of aliphatic hydroxyl groups is 1. The molecule has 74 valence electrons. The molecule has 13 heavy (non-hydrogen) atoms. The van der Waals surface area contributed by atoms with Gasteiger partial charge >= 0.3 is 0 Å². The third kappa shape index (κ3) is 3.23. The van der Waals surface area contributed by atoms with E-state index in [9.17, 15) is 0 Å². The number of hydrogen-bond acceptors (Lipinski definition) is 4. The van der Waals surface area contributed by atoms with Gasteiger partial charge < -0.3 is 10.4 Å². The number of nitrogens with one attached hydrogen (secondary N) is 1. The minimum Gasteiger partial charge on any atom is -0.394 e. The van der Waals surface area contributed by atoms with Crippen LogP contribution in [0.5, 0.6) is 0 Å².